The number of nitrogens with one attached hydrogen (secondary N) is 2. The molecule has 0 aromatic carbocycles. The van der Waals surface area contributed by atoms with Gasteiger partial charge in [0.2, 0.25) is 0 Å². The summed E-state index contributed by atoms with van der Waals surface area (Å²) in [5, 5.41) is 14.0. The topological polar surface area (TPSA) is 87.7 Å². The fourth-order valence-electron chi connectivity index (χ4n) is 1.35. The SMILES string of the molecule is COC(=O)c1sc(I)cc1NC(=O)NC(C)CCO. The number of urea groups is 1. The van der Waals surface area contributed by atoms with Crippen molar-refractivity contribution >= 4 is 51.6 Å². The van der Waals surface area contributed by atoms with Crippen molar-refractivity contribution < 1.29 is 19.4 Å². The summed E-state index contributed by atoms with van der Waals surface area (Å²) in [6.45, 7) is 1.79. The molecule has 19 heavy (non-hydrogen) atoms. The van der Waals surface area contributed by atoms with Gasteiger partial charge in [0, 0.05) is 12.6 Å². The van der Waals surface area contributed by atoms with Crippen molar-refractivity contribution in [2.75, 3.05) is 19.0 Å². The molecule has 2 amide bonds. The number of ether oxygens (including phenoxy) is 1. The van der Waals surface area contributed by atoms with Crippen molar-refractivity contribution in [3.63, 3.8) is 0 Å². The maximum Gasteiger partial charge on any atom is 0.350 e. The molecule has 0 aliphatic carbocycles. The van der Waals surface area contributed by atoms with Crippen LogP contribution in [-0.2, 0) is 4.74 Å². The van der Waals surface area contributed by atoms with Crippen molar-refractivity contribution in [1.29, 1.82) is 0 Å². The van der Waals surface area contributed by atoms with Crippen LogP contribution < -0.4 is 10.6 Å². The summed E-state index contributed by atoms with van der Waals surface area (Å²) < 4.78 is 5.53. The molecule has 0 saturated carbocycles. The van der Waals surface area contributed by atoms with E-state index in [4.69, 9.17) is 5.11 Å². The molecule has 0 radical (unpaired) electrons. The number of esters is 1. The van der Waals surface area contributed by atoms with Crippen molar-refractivity contribution in [3.05, 3.63) is 13.8 Å². The highest BCUT2D eigenvalue weighted by molar-refractivity contribution is 14.1. The molecule has 8 heteroatoms. The first kappa shape index (κ1) is 16.2. The van der Waals surface area contributed by atoms with Crippen molar-refractivity contribution in [3.8, 4) is 0 Å². The molecule has 1 aromatic heterocycles. The van der Waals surface area contributed by atoms with Crippen molar-refractivity contribution in [2.45, 2.75) is 19.4 Å². The second kappa shape index (κ2) is 7.65. The molecule has 1 unspecified atom stereocenters. The van der Waals surface area contributed by atoms with E-state index in [1.807, 2.05) is 0 Å². The summed E-state index contributed by atoms with van der Waals surface area (Å²) in [5.74, 6) is -0.480. The molecule has 0 aliphatic heterocycles. The van der Waals surface area contributed by atoms with Crippen LogP contribution in [0, 0.1) is 2.88 Å². The van der Waals surface area contributed by atoms with E-state index in [0.717, 1.165) is 2.88 Å². The highest BCUT2D eigenvalue weighted by Gasteiger charge is 2.18. The Kier molecular flexibility index (Phi) is 6.52. The van der Waals surface area contributed by atoms with E-state index in [1.54, 1.807) is 13.0 Å². The van der Waals surface area contributed by atoms with Gasteiger partial charge >= 0.3 is 12.0 Å². The van der Waals surface area contributed by atoms with Crippen LogP contribution in [0.5, 0.6) is 0 Å². The number of methoxy groups -OCH3 is 1. The zero-order valence-electron chi connectivity index (χ0n) is 10.5. The van der Waals surface area contributed by atoms with Crippen LogP contribution in [0.25, 0.3) is 0 Å². The minimum absolute atomic E-state index is 0.00517. The van der Waals surface area contributed by atoms with Gasteiger partial charge in [-0.1, -0.05) is 0 Å². The number of hydrogen-bond donors (Lipinski definition) is 3. The van der Waals surface area contributed by atoms with E-state index in [0.29, 0.717) is 17.0 Å². The van der Waals surface area contributed by atoms with Crippen LogP contribution in [0.15, 0.2) is 6.07 Å². The molecule has 1 heterocycles. The smallest absolute Gasteiger partial charge is 0.350 e. The lowest BCUT2D eigenvalue weighted by molar-refractivity contribution is 0.0607. The van der Waals surface area contributed by atoms with Crippen LogP contribution in [0.2, 0.25) is 0 Å². The number of thiophene rings is 1. The van der Waals surface area contributed by atoms with Gasteiger partial charge in [-0.3, -0.25) is 0 Å². The number of halogens is 1. The first-order valence-electron chi connectivity index (χ1n) is 5.54. The fourth-order valence-corrected chi connectivity index (χ4v) is 3.08. The molecule has 0 fully saturated rings. The Morgan fingerprint density at radius 2 is 2.26 bits per heavy atom. The minimum atomic E-state index is -0.480. The number of carbonyl (C=O) groups is 2. The normalized spacial score (nSPS) is 11.8. The fraction of sp³-hybridized carbons (Fsp3) is 0.455. The average Bonchev–Trinajstić information content (AvgIpc) is 2.69. The lowest BCUT2D eigenvalue weighted by Gasteiger charge is -2.13. The second-order valence-corrected chi connectivity index (χ2v) is 6.74. The summed E-state index contributed by atoms with van der Waals surface area (Å²) in [6, 6.07) is 1.14. The largest absolute Gasteiger partial charge is 0.465 e. The zero-order chi connectivity index (χ0) is 14.4. The van der Waals surface area contributed by atoms with Crippen LogP contribution in [0.4, 0.5) is 10.5 Å². The van der Waals surface area contributed by atoms with Crippen LogP contribution in [0.1, 0.15) is 23.0 Å². The van der Waals surface area contributed by atoms with Gasteiger partial charge in [0.1, 0.15) is 4.88 Å². The van der Waals surface area contributed by atoms with Gasteiger partial charge in [-0.05, 0) is 42.0 Å². The van der Waals surface area contributed by atoms with Gasteiger partial charge in [-0.25, -0.2) is 9.59 Å². The highest BCUT2D eigenvalue weighted by atomic mass is 127. The molecule has 1 aromatic rings. The number of amides is 2. The maximum absolute atomic E-state index is 11.7. The molecule has 0 spiro atoms. The standard InChI is InChI=1S/C11H15IN2O4S/c1-6(3-4-15)13-11(17)14-7-5-8(12)19-9(7)10(16)18-2/h5-6,15H,3-4H2,1-2H3,(H2,13,14,17). The number of anilines is 1. The Morgan fingerprint density at radius 3 is 2.84 bits per heavy atom. The summed E-state index contributed by atoms with van der Waals surface area (Å²) >= 11 is 3.32. The number of aliphatic hydroxyl groups is 1. The quantitative estimate of drug-likeness (QED) is 0.523. The summed E-state index contributed by atoms with van der Waals surface area (Å²) in [7, 11) is 1.29. The third kappa shape index (κ3) is 4.96. The number of carbonyl (C=O) groups excluding carboxylic acids is 2. The van der Waals surface area contributed by atoms with Crippen molar-refractivity contribution in [2.24, 2.45) is 0 Å². The first-order chi connectivity index (χ1) is 8.97. The molecular formula is C11H15IN2O4S. The van der Waals surface area contributed by atoms with Gasteiger partial charge in [-0.2, -0.15) is 0 Å². The lowest BCUT2D eigenvalue weighted by atomic mass is 10.2. The third-order valence-corrected chi connectivity index (χ3v) is 4.14. The maximum atomic E-state index is 11.7. The Balaban J connectivity index is 2.71. The van der Waals surface area contributed by atoms with Gasteiger partial charge in [-0.15, -0.1) is 11.3 Å². The predicted molar refractivity (Wildman–Crippen MR) is 81.7 cm³/mol. The number of hydrogen-bond acceptors (Lipinski definition) is 5. The first-order valence-corrected chi connectivity index (χ1v) is 7.43. The van der Waals surface area contributed by atoms with Gasteiger partial charge in [0.25, 0.3) is 0 Å². The van der Waals surface area contributed by atoms with E-state index in [1.165, 1.54) is 18.4 Å². The summed E-state index contributed by atoms with van der Waals surface area (Å²) in [4.78, 5) is 23.6. The van der Waals surface area contributed by atoms with Gasteiger partial charge in [0.05, 0.1) is 15.7 Å². The average molecular weight is 398 g/mol. The Labute approximate surface area is 128 Å². The van der Waals surface area contributed by atoms with Gasteiger partial charge in [0.15, 0.2) is 0 Å². The van der Waals surface area contributed by atoms with Crippen LogP contribution in [0.3, 0.4) is 0 Å². The molecule has 0 aliphatic rings. The van der Waals surface area contributed by atoms with E-state index < -0.39 is 12.0 Å². The van der Waals surface area contributed by atoms with E-state index in [9.17, 15) is 9.59 Å². The third-order valence-electron chi connectivity index (χ3n) is 2.26. The molecule has 0 saturated heterocycles. The highest BCUT2D eigenvalue weighted by Crippen LogP contribution is 2.29. The van der Waals surface area contributed by atoms with Crippen LogP contribution >= 0.6 is 33.9 Å². The molecule has 6 nitrogen and oxygen atoms in total. The molecule has 0 bridgehead atoms. The van der Waals surface area contributed by atoms with Gasteiger partial charge < -0.3 is 20.5 Å². The van der Waals surface area contributed by atoms with Crippen molar-refractivity contribution in [1.82, 2.24) is 5.32 Å². The molecule has 106 valence electrons. The Bertz CT molecular complexity index is 464. The predicted octanol–water partition coefficient (Wildman–Crippen LogP) is 2.03. The lowest BCUT2D eigenvalue weighted by Crippen LogP contribution is -2.36. The Hall–Kier alpha value is -0.870. The molecule has 3 N–H and O–H groups in total. The number of rotatable bonds is 5. The second-order valence-electron chi connectivity index (χ2n) is 3.80. The molecule has 1 rings (SSSR count). The Morgan fingerprint density at radius 1 is 1.58 bits per heavy atom. The summed E-state index contributed by atoms with van der Waals surface area (Å²) in [5.41, 5.74) is 0.426. The number of aliphatic hydroxyl groups excluding tert-OH is 1. The summed E-state index contributed by atoms with van der Waals surface area (Å²) in [6.07, 6.45) is 0.471. The minimum Gasteiger partial charge on any atom is -0.465 e. The van der Waals surface area contributed by atoms with E-state index in [2.05, 4.69) is 38.0 Å². The molecular weight excluding hydrogens is 383 g/mol. The zero-order valence-corrected chi connectivity index (χ0v) is 13.5. The van der Waals surface area contributed by atoms with Crippen LogP contribution in [-0.4, -0.2) is 36.9 Å². The van der Waals surface area contributed by atoms with E-state index >= 15 is 0 Å². The molecule has 1 atom stereocenters. The van der Waals surface area contributed by atoms with E-state index in [-0.39, 0.29) is 12.6 Å². The monoisotopic (exact) mass is 398 g/mol.